The summed E-state index contributed by atoms with van der Waals surface area (Å²) in [6, 6.07) is 23.6. The Labute approximate surface area is 206 Å². The molecule has 0 atom stereocenters. The zero-order chi connectivity index (χ0) is 24.5. The minimum Gasteiger partial charge on any atom is -0.496 e. The van der Waals surface area contributed by atoms with Crippen molar-refractivity contribution < 1.29 is 14.3 Å². The van der Waals surface area contributed by atoms with Crippen LogP contribution < -0.4 is 14.8 Å². The van der Waals surface area contributed by atoms with Crippen LogP contribution in [0.2, 0.25) is 0 Å². The molecule has 0 bridgehead atoms. The fraction of sp³-hybridized carbons (Fsp3) is 0.310. The standard InChI is InChI=1S/C29H33N3O3/c1-22-12-5-9-16-26(22)35-21-20-32-25-15-8-7-14-24(25)31-28(32)18-4-3-11-19-30-29(33)23-13-6-10-17-27(23)34-2/h5-10,12-17H,3-4,11,18-21H2,1-2H3,(H,30,33). The van der Waals surface area contributed by atoms with Crippen molar-refractivity contribution in [3.8, 4) is 11.5 Å². The van der Waals surface area contributed by atoms with E-state index in [1.165, 1.54) is 0 Å². The zero-order valence-electron chi connectivity index (χ0n) is 20.5. The van der Waals surface area contributed by atoms with Gasteiger partial charge in [0.1, 0.15) is 23.9 Å². The van der Waals surface area contributed by atoms with Gasteiger partial charge in [0.25, 0.3) is 5.91 Å². The number of nitrogens with one attached hydrogen (secondary N) is 1. The molecule has 35 heavy (non-hydrogen) atoms. The number of hydrogen-bond donors (Lipinski definition) is 1. The maximum Gasteiger partial charge on any atom is 0.255 e. The third-order valence-corrected chi connectivity index (χ3v) is 6.11. The number of benzene rings is 3. The van der Waals surface area contributed by atoms with Gasteiger partial charge in [0.2, 0.25) is 0 Å². The Bertz CT molecular complexity index is 1270. The van der Waals surface area contributed by atoms with E-state index in [0.29, 0.717) is 24.5 Å². The Balaban J connectivity index is 1.28. The van der Waals surface area contributed by atoms with Gasteiger partial charge in [-0.05, 0) is 55.7 Å². The summed E-state index contributed by atoms with van der Waals surface area (Å²) in [6.07, 6.45) is 3.82. The maximum absolute atomic E-state index is 12.4. The van der Waals surface area contributed by atoms with E-state index in [2.05, 4.69) is 41.1 Å². The number of hydrogen-bond acceptors (Lipinski definition) is 4. The average Bonchev–Trinajstić information content (AvgIpc) is 3.24. The normalized spacial score (nSPS) is 10.9. The molecule has 1 aromatic heterocycles. The highest BCUT2D eigenvalue weighted by Crippen LogP contribution is 2.20. The fourth-order valence-electron chi connectivity index (χ4n) is 4.25. The number of para-hydroxylation sites is 4. The molecule has 0 unspecified atom stereocenters. The topological polar surface area (TPSA) is 65.4 Å². The maximum atomic E-state index is 12.4. The lowest BCUT2D eigenvalue weighted by Crippen LogP contribution is -2.24. The molecule has 182 valence electrons. The molecule has 0 aliphatic heterocycles. The Morgan fingerprint density at radius 2 is 1.66 bits per heavy atom. The first-order valence-electron chi connectivity index (χ1n) is 12.2. The van der Waals surface area contributed by atoms with Crippen molar-refractivity contribution in [3.63, 3.8) is 0 Å². The number of methoxy groups -OCH3 is 1. The van der Waals surface area contributed by atoms with Gasteiger partial charge in [0, 0.05) is 13.0 Å². The number of ether oxygens (including phenoxy) is 2. The van der Waals surface area contributed by atoms with E-state index in [-0.39, 0.29) is 5.91 Å². The van der Waals surface area contributed by atoms with E-state index in [1.807, 2.05) is 36.4 Å². The molecule has 0 saturated heterocycles. The first kappa shape index (κ1) is 24.3. The van der Waals surface area contributed by atoms with Crippen molar-refractivity contribution in [1.82, 2.24) is 14.9 Å². The number of nitrogens with zero attached hydrogens (tertiary/aromatic N) is 2. The molecule has 6 nitrogen and oxygen atoms in total. The Morgan fingerprint density at radius 1 is 0.914 bits per heavy atom. The summed E-state index contributed by atoms with van der Waals surface area (Å²) in [5.74, 6) is 2.50. The summed E-state index contributed by atoms with van der Waals surface area (Å²) in [5.41, 5.74) is 3.86. The van der Waals surface area contributed by atoms with Crippen LogP contribution in [-0.2, 0) is 13.0 Å². The Hall–Kier alpha value is -3.80. The number of fused-ring (bicyclic) bond motifs is 1. The van der Waals surface area contributed by atoms with Crippen LogP contribution in [0.25, 0.3) is 11.0 Å². The van der Waals surface area contributed by atoms with E-state index in [1.54, 1.807) is 19.2 Å². The molecule has 4 rings (SSSR count). The SMILES string of the molecule is COc1ccccc1C(=O)NCCCCCc1nc2ccccc2n1CCOc1ccccc1C. The highest BCUT2D eigenvalue weighted by Gasteiger charge is 2.12. The summed E-state index contributed by atoms with van der Waals surface area (Å²) >= 11 is 0. The van der Waals surface area contributed by atoms with Crippen LogP contribution in [-0.4, -0.2) is 35.7 Å². The first-order valence-corrected chi connectivity index (χ1v) is 12.2. The molecule has 1 N–H and O–H groups in total. The molecular formula is C29H33N3O3. The highest BCUT2D eigenvalue weighted by atomic mass is 16.5. The van der Waals surface area contributed by atoms with Gasteiger partial charge in [-0.25, -0.2) is 4.98 Å². The summed E-state index contributed by atoms with van der Waals surface area (Å²) in [5, 5.41) is 3.00. The van der Waals surface area contributed by atoms with Gasteiger partial charge in [0.05, 0.1) is 30.3 Å². The van der Waals surface area contributed by atoms with E-state index >= 15 is 0 Å². The molecule has 4 aromatic rings. The highest BCUT2D eigenvalue weighted by molar-refractivity contribution is 5.96. The minimum absolute atomic E-state index is 0.0992. The van der Waals surface area contributed by atoms with Crippen LogP contribution >= 0.6 is 0 Å². The molecule has 0 spiro atoms. The lowest BCUT2D eigenvalue weighted by molar-refractivity contribution is 0.0950. The van der Waals surface area contributed by atoms with Gasteiger partial charge >= 0.3 is 0 Å². The van der Waals surface area contributed by atoms with Crippen molar-refractivity contribution >= 4 is 16.9 Å². The molecule has 6 heteroatoms. The second-order valence-electron chi connectivity index (χ2n) is 8.55. The van der Waals surface area contributed by atoms with Gasteiger partial charge in [-0.15, -0.1) is 0 Å². The largest absolute Gasteiger partial charge is 0.496 e. The van der Waals surface area contributed by atoms with Crippen LogP contribution in [0, 0.1) is 6.92 Å². The number of carbonyl (C=O) groups excluding carboxylic acids is 1. The number of aryl methyl sites for hydroxylation is 2. The summed E-state index contributed by atoms with van der Waals surface area (Å²) in [6.45, 7) is 4.04. The number of unbranched alkanes of at least 4 members (excludes halogenated alkanes) is 2. The molecule has 0 radical (unpaired) electrons. The van der Waals surface area contributed by atoms with Crippen molar-refractivity contribution in [3.05, 3.63) is 89.7 Å². The van der Waals surface area contributed by atoms with Crippen molar-refractivity contribution in [2.45, 2.75) is 39.2 Å². The van der Waals surface area contributed by atoms with Crippen LogP contribution in [0.15, 0.2) is 72.8 Å². The molecular weight excluding hydrogens is 438 g/mol. The van der Waals surface area contributed by atoms with Gasteiger partial charge in [-0.1, -0.05) is 48.9 Å². The molecule has 1 heterocycles. The van der Waals surface area contributed by atoms with Crippen LogP contribution in [0.5, 0.6) is 11.5 Å². The fourth-order valence-corrected chi connectivity index (χ4v) is 4.25. The van der Waals surface area contributed by atoms with Crippen molar-refractivity contribution in [1.29, 1.82) is 0 Å². The monoisotopic (exact) mass is 471 g/mol. The summed E-state index contributed by atoms with van der Waals surface area (Å²) in [4.78, 5) is 17.3. The molecule has 0 fully saturated rings. The van der Waals surface area contributed by atoms with Crippen LogP contribution in [0.4, 0.5) is 0 Å². The molecule has 0 aliphatic carbocycles. The predicted molar refractivity (Wildman–Crippen MR) is 139 cm³/mol. The van der Waals surface area contributed by atoms with Gasteiger partial charge < -0.3 is 19.4 Å². The van der Waals surface area contributed by atoms with Crippen molar-refractivity contribution in [2.24, 2.45) is 0 Å². The van der Waals surface area contributed by atoms with E-state index in [4.69, 9.17) is 14.5 Å². The number of amides is 1. The zero-order valence-corrected chi connectivity index (χ0v) is 20.5. The van der Waals surface area contributed by atoms with E-state index in [9.17, 15) is 4.79 Å². The third kappa shape index (κ3) is 6.21. The Kier molecular flexibility index (Phi) is 8.39. The smallest absolute Gasteiger partial charge is 0.255 e. The average molecular weight is 472 g/mol. The Morgan fingerprint density at radius 3 is 2.49 bits per heavy atom. The van der Waals surface area contributed by atoms with E-state index < -0.39 is 0 Å². The first-order chi connectivity index (χ1) is 17.2. The quantitative estimate of drug-likeness (QED) is 0.274. The number of rotatable bonds is 12. The summed E-state index contributed by atoms with van der Waals surface area (Å²) in [7, 11) is 1.58. The van der Waals surface area contributed by atoms with Gasteiger partial charge in [-0.2, -0.15) is 0 Å². The molecule has 0 aliphatic rings. The van der Waals surface area contributed by atoms with Crippen LogP contribution in [0.1, 0.15) is 41.0 Å². The summed E-state index contributed by atoms with van der Waals surface area (Å²) < 4.78 is 13.6. The lowest BCUT2D eigenvalue weighted by atomic mass is 10.1. The number of imidazole rings is 1. The molecule has 0 saturated carbocycles. The van der Waals surface area contributed by atoms with Gasteiger partial charge in [-0.3, -0.25) is 4.79 Å². The second kappa shape index (κ2) is 12.1. The lowest BCUT2D eigenvalue weighted by Gasteiger charge is -2.12. The number of carbonyl (C=O) groups is 1. The third-order valence-electron chi connectivity index (χ3n) is 6.11. The van der Waals surface area contributed by atoms with Crippen molar-refractivity contribution in [2.75, 3.05) is 20.3 Å². The van der Waals surface area contributed by atoms with Crippen LogP contribution in [0.3, 0.4) is 0 Å². The minimum atomic E-state index is -0.0992. The second-order valence-corrected chi connectivity index (χ2v) is 8.55. The van der Waals surface area contributed by atoms with E-state index in [0.717, 1.165) is 60.4 Å². The van der Waals surface area contributed by atoms with Gasteiger partial charge in [0.15, 0.2) is 0 Å². The number of aromatic nitrogens is 2. The molecule has 1 amide bonds. The predicted octanol–water partition coefficient (Wildman–Crippen LogP) is 5.58. The molecule has 3 aromatic carbocycles.